The molecular formula is C13H11F3N2O2. The van der Waals surface area contributed by atoms with Crippen LogP contribution in [-0.4, -0.2) is 23.0 Å². The van der Waals surface area contributed by atoms with Gasteiger partial charge in [0.2, 0.25) is 0 Å². The number of hydrogen-bond acceptors (Lipinski definition) is 3. The van der Waals surface area contributed by atoms with E-state index in [1.165, 1.54) is 36.4 Å². The average molecular weight is 284 g/mol. The maximum absolute atomic E-state index is 12.4. The van der Waals surface area contributed by atoms with Crippen molar-refractivity contribution in [3.63, 3.8) is 0 Å². The van der Waals surface area contributed by atoms with Gasteiger partial charge in [0.15, 0.2) is 5.69 Å². The van der Waals surface area contributed by atoms with Gasteiger partial charge in [-0.1, -0.05) is 17.3 Å². The van der Waals surface area contributed by atoms with E-state index in [9.17, 15) is 18.0 Å². The number of nitrogens with zero attached hydrogens (tertiary/aromatic N) is 2. The van der Waals surface area contributed by atoms with Crippen LogP contribution in [-0.2, 0) is 12.7 Å². The highest BCUT2D eigenvalue weighted by molar-refractivity contribution is 5.91. The standard InChI is InChI=1S/C13H11F3N2O2/c1-18(12(19)11-6-7-20-17-11)8-9-2-4-10(5-3-9)13(14,15)16/h2-7H,8H2,1H3. The first-order chi connectivity index (χ1) is 9.38. The molecule has 4 nitrogen and oxygen atoms in total. The van der Waals surface area contributed by atoms with Crippen LogP contribution in [0, 0.1) is 0 Å². The fourth-order valence-electron chi connectivity index (χ4n) is 1.66. The van der Waals surface area contributed by atoms with Crippen molar-refractivity contribution in [2.45, 2.75) is 12.7 Å². The predicted octanol–water partition coefficient (Wildman–Crippen LogP) is 2.97. The fraction of sp³-hybridized carbons (Fsp3) is 0.231. The second-order valence-electron chi connectivity index (χ2n) is 4.24. The van der Waals surface area contributed by atoms with Crippen LogP contribution >= 0.6 is 0 Å². The zero-order valence-electron chi connectivity index (χ0n) is 10.5. The van der Waals surface area contributed by atoms with E-state index in [0.717, 1.165) is 12.1 Å². The number of aromatic nitrogens is 1. The summed E-state index contributed by atoms with van der Waals surface area (Å²) >= 11 is 0. The SMILES string of the molecule is CN(Cc1ccc(C(F)(F)F)cc1)C(=O)c1ccon1. The van der Waals surface area contributed by atoms with E-state index in [1.54, 1.807) is 0 Å². The van der Waals surface area contributed by atoms with Gasteiger partial charge in [-0.15, -0.1) is 0 Å². The van der Waals surface area contributed by atoms with Crippen LogP contribution in [0.2, 0.25) is 0 Å². The molecule has 1 heterocycles. The van der Waals surface area contributed by atoms with E-state index in [0.29, 0.717) is 5.56 Å². The van der Waals surface area contributed by atoms with E-state index < -0.39 is 11.7 Å². The van der Waals surface area contributed by atoms with E-state index >= 15 is 0 Å². The Morgan fingerprint density at radius 2 is 1.90 bits per heavy atom. The number of amides is 1. The summed E-state index contributed by atoms with van der Waals surface area (Å²) in [6, 6.07) is 6.09. The Hall–Kier alpha value is -2.31. The molecule has 0 atom stereocenters. The Morgan fingerprint density at radius 1 is 1.25 bits per heavy atom. The van der Waals surface area contributed by atoms with Crippen LogP contribution in [0.15, 0.2) is 41.1 Å². The highest BCUT2D eigenvalue weighted by Crippen LogP contribution is 2.29. The topological polar surface area (TPSA) is 46.3 Å². The summed E-state index contributed by atoms with van der Waals surface area (Å²) < 4.78 is 41.8. The molecule has 0 bridgehead atoms. The molecule has 0 aliphatic rings. The molecule has 1 aromatic heterocycles. The third-order valence-electron chi connectivity index (χ3n) is 2.70. The van der Waals surface area contributed by atoms with Crippen LogP contribution < -0.4 is 0 Å². The third kappa shape index (κ3) is 3.17. The average Bonchev–Trinajstić information content (AvgIpc) is 2.91. The van der Waals surface area contributed by atoms with Gasteiger partial charge < -0.3 is 9.42 Å². The van der Waals surface area contributed by atoms with Crippen LogP contribution in [0.3, 0.4) is 0 Å². The first-order valence-electron chi connectivity index (χ1n) is 5.70. The first kappa shape index (κ1) is 14.1. The quantitative estimate of drug-likeness (QED) is 0.870. The Morgan fingerprint density at radius 3 is 2.40 bits per heavy atom. The van der Waals surface area contributed by atoms with Crippen molar-refractivity contribution in [2.24, 2.45) is 0 Å². The van der Waals surface area contributed by atoms with E-state index in [-0.39, 0.29) is 18.1 Å². The van der Waals surface area contributed by atoms with Crippen LogP contribution in [0.4, 0.5) is 13.2 Å². The largest absolute Gasteiger partial charge is 0.416 e. The molecule has 1 amide bonds. The van der Waals surface area contributed by atoms with Gasteiger partial charge in [-0.2, -0.15) is 13.2 Å². The van der Waals surface area contributed by atoms with E-state index in [2.05, 4.69) is 9.68 Å². The monoisotopic (exact) mass is 284 g/mol. The molecule has 0 saturated carbocycles. The van der Waals surface area contributed by atoms with Crippen LogP contribution in [0.1, 0.15) is 21.6 Å². The first-order valence-corrected chi connectivity index (χ1v) is 5.70. The molecule has 0 saturated heterocycles. The lowest BCUT2D eigenvalue weighted by Crippen LogP contribution is -2.26. The van der Waals surface area contributed by atoms with Crippen molar-refractivity contribution in [2.75, 3.05) is 7.05 Å². The number of hydrogen-bond donors (Lipinski definition) is 0. The van der Waals surface area contributed by atoms with Gasteiger partial charge in [-0.05, 0) is 17.7 Å². The molecule has 7 heteroatoms. The smallest absolute Gasteiger partial charge is 0.364 e. The molecule has 106 valence electrons. The number of alkyl halides is 3. The minimum atomic E-state index is -4.36. The lowest BCUT2D eigenvalue weighted by Gasteiger charge is -2.16. The lowest BCUT2D eigenvalue weighted by atomic mass is 10.1. The number of carbonyl (C=O) groups excluding carboxylic acids is 1. The van der Waals surface area contributed by atoms with Gasteiger partial charge in [0.1, 0.15) is 6.26 Å². The maximum Gasteiger partial charge on any atom is 0.416 e. The molecule has 1 aromatic carbocycles. The normalized spacial score (nSPS) is 11.4. The molecule has 0 N–H and O–H groups in total. The van der Waals surface area contributed by atoms with Gasteiger partial charge in [-0.25, -0.2) is 0 Å². The number of halogens is 3. The zero-order chi connectivity index (χ0) is 14.8. The molecule has 0 aliphatic heterocycles. The Labute approximate surface area is 112 Å². The third-order valence-corrected chi connectivity index (χ3v) is 2.70. The highest BCUT2D eigenvalue weighted by Gasteiger charge is 2.30. The lowest BCUT2D eigenvalue weighted by molar-refractivity contribution is -0.137. The van der Waals surface area contributed by atoms with Crippen molar-refractivity contribution in [1.82, 2.24) is 10.1 Å². The summed E-state index contributed by atoms with van der Waals surface area (Å²) in [7, 11) is 1.54. The molecule has 20 heavy (non-hydrogen) atoms. The van der Waals surface area contributed by atoms with Crippen molar-refractivity contribution in [1.29, 1.82) is 0 Å². The second-order valence-corrected chi connectivity index (χ2v) is 4.24. The van der Waals surface area contributed by atoms with Gasteiger partial charge in [0, 0.05) is 19.7 Å². The molecule has 0 spiro atoms. The Bertz CT molecular complexity index is 577. The van der Waals surface area contributed by atoms with Crippen molar-refractivity contribution < 1.29 is 22.5 Å². The summed E-state index contributed by atoms with van der Waals surface area (Å²) in [6.45, 7) is 0.184. The van der Waals surface area contributed by atoms with Crippen molar-refractivity contribution in [3.05, 3.63) is 53.4 Å². The number of benzene rings is 1. The maximum atomic E-state index is 12.4. The highest BCUT2D eigenvalue weighted by atomic mass is 19.4. The molecule has 0 radical (unpaired) electrons. The van der Waals surface area contributed by atoms with E-state index in [4.69, 9.17) is 0 Å². The minimum absolute atomic E-state index is 0.152. The molecule has 2 rings (SSSR count). The van der Waals surface area contributed by atoms with E-state index in [1.807, 2.05) is 0 Å². The Kier molecular flexibility index (Phi) is 3.78. The molecular weight excluding hydrogens is 273 g/mol. The molecule has 2 aromatic rings. The summed E-state index contributed by atoms with van der Waals surface area (Å²) in [5, 5.41) is 3.51. The van der Waals surface area contributed by atoms with Crippen LogP contribution in [0.25, 0.3) is 0 Å². The summed E-state index contributed by atoms with van der Waals surface area (Å²) in [5.41, 5.74) is 0.0310. The predicted molar refractivity (Wildman–Crippen MR) is 63.7 cm³/mol. The fourth-order valence-corrected chi connectivity index (χ4v) is 1.66. The molecule has 0 unspecified atom stereocenters. The number of rotatable bonds is 3. The Balaban J connectivity index is 2.05. The van der Waals surface area contributed by atoms with Gasteiger partial charge in [0.05, 0.1) is 5.56 Å². The minimum Gasteiger partial charge on any atom is -0.364 e. The summed E-state index contributed by atoms with van der Waals surface area (Å²) in [6.07, 6.45) is -3.08. The van der Waals surface area contributed by atoms with Crippen molar-refractivity contribution >= 4 is 5.91 Å². The van der Waals surface area contributed by atoms with Crippen LogP contribution in [0.5, 0.6) is 0 Å². The van der Waals surface area contributed by atoms with Gasteiger partial charge in [0.25, 0.3) is 5.91 Å². The summed E-state index contributed by atoms with van der Waals surface area (Å²) in [5.74, 6) is -0.362. The number of carbonyl (C=O) groups is 1. The second kappa shape index (κ2) is 5.36. The molecule has 0 aliphatic carbocycles. The summed E-state index contributed by atoms with van der Waals surface area (Å²) in [4.78, 5) is 13.2. The van der Waals surface area contributed by atoms with Crippen molar-refractivity contribution in [3.8, 4) is 0 Å². The zero-order valence-corrected chi connectivity index (χ0v) is 10.5. The van der Waals surface area contributed by atoms with Gasteiger partial charge in [-0.3, -0.25) is 4.79 Å². The van der Waals surface area contributed by atoms with Gasteiger partial charge >= 0.3 is 6.18 Å². The molecule has 0 fully saturated rings.